The summed E-state index contributed by atoms with van der Waals surface area (Å²) in [5.74, 6) is -1.05. The Kier molecular flexibility index (Phi) is 2.94. The molecule has 0 aliphatic carbocycles. The van der Waals surface area contributed by atoms with E-state index in [1.165, 1.54) is 0 Å². The van der Waals surface area contributed by atoms with E-state index in [4.69, 9.17) is 5.11 Å². The Morgan fingerprint density at radius 1 is 1.82 bits per heavy atom. The minimum Gasteiger partial charge on any atom is -0.464 e. The Morgan fingerprint density at radius 3 is 2.36 bits per heavy atom. The maximum absolute atomic E-state index is 10.7. The average molecular weight is 163 g/mol. The summed E-state index contributed by atoms with van der Waals surface area (Å²) in [5.41, 5.74) is -2.03. The minimum atomic E-state index is -2.03. The van der Waals surface area contributed by atoms with Crippen LogP contribution in [0.2, 0.25) is 0 Å². The Balaban J connectivity index is 4.59. The van der Waals surface area contributed by atoms with Crippen molar-refractivity contribution >= 4 is 5.97 Å². The minimum absolute atomic E-state index is 0.868. The number of carbonyl (C=O) groups excluding carboxylic acids is 1. The molecule has 0 aromatic carbocycles. The van der Waals surface area contributed by atoms with Crippen molar-refractivity contribution in [1.82, 2.24) is 0 Å². The van der Waals surface area contributed by atoms with Crippen molar-refractivity contribution in [1.29, 1.82) is 0 Å². The third-order valence-corrected chi connectivity index (χ3v) is 1.34. The molecule has 0 amide bonds. The number of hydrogen-bond acceptors (Lipinski definition) is 5. The van der Waals surface area contributed by atoms with Crippen molar-refractivity contribution in [2.75, 3.05) is 13.7 Å². The fraction of sp³-hybridized carbons (Fsp3) is 0.800. The van der Waals surface area contributed by atoms with Gasteiger partial charge in [0.25, 0.3) is 0 Å². The third kappa shape index (κ3) is 1.64. The SMILES string of the molecule is COC(=O)C(C)(CO)[N+](=O)[O-]. The first-order valence-corrected chi connectivity index (χ1v) is 2.83. The Morgan fingerprint density at radius 2 is 2.27 bits per heavy atom. The second kappa shape index (κ2) is 3.29. The number of nitro groups is 1. The van der Waals surface area contributed by atoms with Crippen LogP contribution in [0.4, 0.5) is 0 Å². The maximum Gasteiger partial charge on any atom is 0.386 e. The molecule has 0 aromatic rings. The van der Waals surface area contributed by atoms with Crippen LogP contribution in [0, 0.1) is 10.1 Å². The van der Waals surface area contributed by atoms with Crippen LogP contribution in [0.3, 0.4) is 0 Å². The smallest absolute Gasteiger partial charge is 0.386 e. The number of nitrogens with zero attached hydrogens (tertiary/aromatic N) is 1. The lowest BCUT2D eigenvalue weighted by molar-refractivity contribution is -0.554. The first-order chi connectivity index (χ1) is 4.99. The molecule has 0 saturated heterocycles. The molecule has 1 atom stereocenters. The van der Waals surface area contributed by atoms with Crippen molar-refractivity contribution in [3.05, 3.63) is 10.1 Å². The molecule has 6 heteroatoms. The van der Waals surface area contributed by atoms with Gasteiger partial charge in [-0.05, 0) is 0 Å². The van der Waals surface area contributed by atoms with Crippen LogP contribution in [0.1, 0.15) is 6.92 Å². The molecule has 1 unspecified atom stereocenters. The largest absolute Gasteiger partial charge is 0.464 e. The molecule has 0 rings (SSSR count). The van der Waals surface area contributed by atoms with Crippen LogP contribution in [0.5, 0.6) is 0 Å². The van der Waals surface area contributed by atoms with Crippen LogP contribution in [-0.4, -0.2) is 35.3 Å². The monoisotopic (exact) mass is 163 g/mol. The highest BCUT2D eigenvalue weighted by Crippen LogP contribution is 2.09. The number of carbonyl (C=O) groups is 1. The van der Waals surface area contributed by atoms with Crippen LogP contribution in [0.15, 0.2) is 0 Å². The molecule has 0 heterocycles. The van der Waals surface area contributed by atoms with Crippen molar-refractivity contribution < 1.29 is 19.6 Å². The quantitative estimate of drug-likeness (QED) is 0.333. The van der Waals surface area contributed by atoms with Crippen LogP contribution < -0.4 is 0 Å². The molecule has 0 aliphatic heterocycles. The Labute approximate surface area is 62.9 Å². The van der Waals surface area contributed by atoms with E-state index >= 15 is 0 Å². The van der Waals surface area contributed by atoms with Gasteiger partial charge in [-0.25, -0.2) is 4.79 Å². The summed E-state index contributed by atoms with van der Waals surface area (Å²) >= 11 is 0. The van der Waals surface area contributed by atoms with Gasteiger partial charge in [-0.15, -0.1) is 0 Å². The lowest BCUT2D eigenvalue weighted by Crippen LogP contribution is -2.47. The fourth-order valence-electron chi connectivity index (χ4n) is 0.417. The van der Waals surface area contributed by atoms with Crippen molar-refractivity contribution in [2.24, 2.45) is 0 Å². The van der Waals surface area contributed by atoms with Crippen molar-refractivity contribution in [3.8, 4) is 0 Å². The highest BCUT2D eigenvalue weighted by molar-refractivity contribution is 5.78. The van der Waals surface area contributed by atoms with Gasteiger partial charge in [0.2, 0.25) is 0 Å². The van der Waals surface area contributed by atoms with Crippen molar-refractivity contribution in [3.63, 3.8) is 0 Å². The predicted molar refractivity (Wildman–Crippen MR) is 34.5 cm³/mol. The van der Waals surface area contributed by atoms with Gasteiger partial charge in [-0.3, -0.25) is 10.1 Å². The molecule has 0 spiro atoms. The van der Waals surface area contributed by atoms with E-state index in [2.05, 4.69) is 4.74 Å². The molecular weight excluding hydrogens is 154 g/mol. The maximum atomic E-state index is 10.7. The molecule has 0 bridgehead atoms. The predicted octanol–water partition coefficient (Wildman–Crippen LogP) is -0.813. The molecule has 11 heavy (non-hydrogen) atoms. The lowest BCUT2D eigenvalue weighted by atomic mass is 10.1. The molecule has 0 aromatic heterocycles. The standard InChI is InChI=1S/C5H9NO5/c1-5(3-7,6(9)10)4(8)11-2/h7H,3H2,1-2H3. The van der Waals surface area contributed by atoms with Gasteiger partial charge in [0, 0.05) is 11.8 Å². The van der Waals surface area contributed by atoms with E-state index in [9.17, 15) is 14.9 Å². The van der Waals surface area contributed by atoms with Gasteiger partial charge < -0.3 is 9.84 Å². The molecule has 6 nitrogen and oxygen atoms in total. The second-order valence-corrected chi connectivity index (χ2v) is 2.18. The number of ether oxygens (including phenoxy) is 1. The van der Waals surface area contributed by atoms with Gasteiger partial charge in [0.15, 0.2) is 0 Å². The van der Waals surface area contributed by atoms with Crippen LogP contribution in [0.25, 0.3) is 0 Å². The van der Waals surface area contributed by atoms with Gasteiger partial charge in [0.1, 0.15) is 6.61 Å². The second-order valence-electron chi connectivity index (χ2n) is 2.18. The summed E-state index contributed by atoms with van der Waals surface area (Å²) in [7, 11) is 1.03. The normalized spacial score (nSPS) is 15.2. The Bertz CT molecular complexity index is 180. The third-order valence-electron chi connectivity index (χ3n) is 1.34. The van der Waals surface area contributed by atoms with Gasteiger partial charge in [0.05, 0.1) is 7.11 Å². The van der Waals surface area contributed by atoms with Gasteiger partial charge in [-0.2, -0.15) is 0 Å². The first kappa shape index (κ1) is 9.83. The molecule has 0 radical (unpaired) electrons. The average Bonchev–Trinajstić information content (AvgIpc) is 2.01. The van der Waals surface area contributed by atoms with E-state index in [0.29, 0.717) is 0 Å². The van der Waals surface area contributed by atoms with E-state index in [0.717, 1.165) is 14.0 Å². The molecule has 0 aliphatic rings. The van der Waals surface area contributed by atoms with Crippen molar-refractivity contribution in [2.45, 2.75) is 12.5 Å². The topological polar surface area (TPSA) is 89.7 Å². The van der Waals surface area contributed by atoms with Crippen LogP contribution in [-0.2, 0) is 9.53 Å². The zero-order chi connectivity index (χ0) is 9.07. The number of rotatable bonds is 3. The zero-order valence-electron chi connectivity index (χ0n) is 6.23. The summed E-state index contributed by atoms with van der Waals surface area (Å²) in [6.07, 6.45) is 0. The van der Waals surface area contributed by atoms with Crippen LogP contribution >= 0.6 is 0 Å². The highest BCUT2D eigenvalue weighted by atomic mass is 16.6. The summed E-state index contributed by atoms with van der Waals surface area (Å²) in [6, 6.07) is 0. The molecule has 0 fully saturated rings. The van der Waals surface area contributed by atoms with Gasteiger partial charge in [-0.1, -0.05) is 0 Å². The first-order valence-electron chi connectivity index (χ1n) is 2.83. The summed E-state index contributed by atoms with van der Waals surface area (Å²) in [5, 5.41) is 18.7. The molecule has 64 valence electrons. The highest BCUT2D eigenvalue weighted by Gasteiger charge is 2.46. The molecule has 0 saturated carbocycles. The fourth-order valence-corrected chi connectivity index (χ4v) is 0.417. The number of aliphatic hydroxyl groups is 1. The van der Waals surface area contributed by atoms with E-state index < -0.39 is 23.0 Å². The zero-order valence-corrected chi connectivity index (χ0v) is 6.23. The summed E-state index contributed by atoms with van der Waals surface area (Å²) in [6.45, 7) is 0.130. The lowest BCUT2D eigenvalue weighted by Gasteiger charge is -2.14. The van der Waals surface area contributed by atoms with E-state index in [1.54, 1.807) is 0 Å². The number of methoxy groups -OCH3 is 1. The Hall–Kier alpha value is -1.17. The molecule has 1 N–H and O–H groups in total. The van der Waals surface area contributed by atoms with E-state index in [-0.39, 0.29) is 0 Å². The summed E-state index contributed by atoms with van der Waals surface area (Å²) in [4.78, 5) is 20.0. The number of aliphatic hydroxyl groups excluding tert-OH is 1. The summed E-state index contributed by atoms with van der Waals surface area (Å²) < 4.78 is 4.13. The number of esters is 1. The van der Waals surface area contributed by atoms with E-state index in [1.807, 2.05) is 0 Å². The van der Waals surface area contributed by atoms with Gasteiger partial charge >= 0.3 is 11.5 Å². The molecular formula is C5H9NO5. The number of hydrogen-bond donors (Lipinski definition) is 1.